The van der Waals surface area contributed by atoms with Crippen LogP contribution >= 0.6 is 23.2 Å². The summed E-state index contributed by atoms with van der Waals surface area (Å²) in [6, 6.07) is 21.1. The molecule has 154 valence electrons. The molecule has 0 bridgehead atoms. The van der Waals surface area contributed by atoms with Gasteiger partial charge in [-0.2, -0.15) is 0 Å². The van der Waals surface area contributed by atoms with E-state index in [1.807, 2.05) is 0 Å². The smallest absolute Gasteiger partial charge is 0.226 e. The number of rotatable bonds is 7. The first-order valence-electron chi connectivity index (χ1n) is 9.32. The molecule has 0 saturated heterocycles. The molecular weight excluding hydrogens is 421 g/mol. The average molecular weight is 442 g/mol. The van der Waals surface area contributed by atoms with E-state index in [1.165, 1.54) is 0 Å². The number of hydrogen-bond donors (Lipinski definition) is 3. The van der Waals surface area contributed by atoms with E-state index in [0.717, 1.165) is 16.7 Å². The molecule has 0 spiro atoms. The van der Waals surface area contributed by atoms with E-state index in [0.29, 0.717) is 15.7 Å². The number of nitrogen functional groups attached to an aromatic ring is 1. The maximum Gasteiger partial charge on any atom is 0.226 e. The molecule has 0 fully saturated rings. The standard InChI is InChI=1S/C23H21Cl2N3O2/c24-18-7-1-15(2-8-18)13-21(29)27-23(17-5-11-20(26)12-6-17)28-22(30)14-16-3-9-19(25)10-4-16/h1-12,23H,13-14,26H2,(H,27,29)(H,28,30). The van der Waals surface area contributed by atoms with Crippen molar-refractivity contribution in [3.8, 4) is 0 Å². The quantitative estimate of drug-likeness (QED) is 0.377. The number of amides is 2. The van der Waals surface area contributed by atoms with E-state index >= 15 is 0 Å². The number of halogens is 2. The van der Waals surface area contributed by atoms with E-state index in [4.69, 9.17) is 28.9 Å². The van der Waals surface area contributed by atoms with E-state index in [1.54, 1.807) is 72.8 Å². The maximum absolute atomic E-state index is 12.6. The van der Waals surface area contributed by atoms with Crippen LogP contribution in [0.2, 0.25) is 10.0 Å². The van der Waals surface area contributed by atoms with Crippen molar-refractivity contribution in [1.82, 2.24) is 10.6 Å². The topological polar surface area (TPSA) is 84.2 Å². The molecule has 0 aromatic heterocycles. The van der Waals surface area contributed by atoms with Crippen molar-refractivity contribution in [3.63, 3.8) is 0 Å². The largest absolute Gasteiger partial charge is 0.399 e. The van der Waals surface area contributed by atoms with Gasteiger partial charge in [0.2, 0.25) is 11.8 Å². The Balaban J connectivity index is 1.70. The molecule has 0 radical (unpaired) electrons. The predicted molar refractivity (Wildman–Crippen MR) is 120 cm³/mol. The number of anilines is 1. The lowest BCUT2D eigenvalue weighted by atomic mass is 10.1. The predicted octanol–water partition coefficient (Wildman–Crippen LogP) is 4.29. The molecule has 3 aromatic rings. The van der Waals surface area contributed by atoms with Crippen LogP contribution in [0.25, 0.3) is 0 Å². The Morgan fingerprint density at radius 1 is 0.700 bits per heavy atom. The second-order valence-electron chi connectivity index (χ2n) is 6.84. The van der Waals surface area contributed by atoms with Gasteiger partial charge < -0.3 is 16.4 Å². The Labute approximate surface area is 185 Å². The Bertz CT molecular complexity index is 943. The summed E-state index contributed by atoms with van der Waals surface area (Å²) in [4.78, 5) is 25.2. The maximum atomic E-state index is 12.6. The molecule has 0 saturated carbocycles. The molecule has 0 atom stereocenters. The molecule has 0 aliphatic heterocycles. The molecule has 3 aromatic carbocycles. The summed E-state index contributed by atoms with van der Waals surface area (Å²) in [5.41, 5.74) is 8.72. The summed E-state index contributed by atoms with van der Waals surface area (Å²) in [7, 11) is 0. The van der Waals surface area contributed by atoms with Crippen molar-refractivity contribution >= 4 is 40.7 Å². The zero-order valence-corrected chi connectivity index (χ0v) is 17.6. The Morgan fingerprint density at radius 2 is 1.10 bits per heavy atom. The van der Waals surface area contributed by atoms with Crippen molar-refractivity contribution in [1.29, 1.82) is 0 Å². The number of hydrogen-bond acceptors (Lipinski definition) is 3. The van der Waals surface area contributed by atoms with E-state index < -0.39 is 6.17 Å². The second kappa shape index (κ2) is 10.1. The van der Waals surface area contributed by atoms with E-state index in [-0.39, 0.29) is 24.7 Å². The molecule has 4 N–H and O–H groups in total. The third-order valence-electron chi connectivity index (χ3n) is 4.44. The first-order valence-corrected chi connectivity index (χ1v) is 10.1. The van der Waals surface area contributed by atoms with Gasteiger partial charge in [0.1, 0.15) is 6.17 Å². The van der Waals surface area contributed by atoms with Gasteiger partial charge in [-0.05, 0) is 53.1 Å². The fraction of sp³-hybridized carbons (Fsp3) is 0.130. The molecule has 0 heterocycles. The van der Waals surface area contributed by atoms with Gasteiger partial charge in [0.15, 0.2) is 0 Å². The summed E-state index contributed by atoms with van der Waals surface area (Å²) in [5, 5.41) is 6.96. The highest BCUT2D eigenvalue weighted by Gasteiger charge is 2.18. The molecule has 5 nitrogen and oxygen atoms in total. The number of nitrogens with two attached hydrogens (primary N) is 1. The van der Waals surface area contributed by atoms with Gasteiger partial charge in [-0.25, -0.2) is 0 Å². The number of nitrogens with one attached hydrogen (secondary N) is 2. The summed E-state index contributed by atoms with van der Waals surface area (Å²) in [5.74, 6) is -0.461. The first kappa shape index (κ1) is 21.7. The Kier molecular flexibility index (Phi) is 7.33. The van der Waals surface area contributed by atoms with Crippen molar-refractivity contribution in [3.05, 3.63) is 99.5 Å². The van der Waals surface area contributed by atoms with Crippen LogP contribution < -0.4 is 16.4 Å². The first-order chi connectivity index (χ1) is 14.4. The number of carbonyl (C=O) groups is 2. The molecule has 3 rings (SSSR count). The highest BCUT2D eigenvalue weighted by atomic mass is 35.5. The Hall–Kier alpha value is -3.02. The molecule has 30 heavy (non-hydrogen) atoms. The zero-order valence-electron chi connectivity index (χ0n) is 16.1. The fourth-order valence-electron chi connectivity index (χ4n) is 2.89. The van der Waals surface area contributed by atoms with Gasteiger partial charge in [-0.1, -0.05) is 59.6 Å². The van der Waals surface area contributed by atoms with Gasteiger partial charge in [-0.3, -0.25) is 9.59 Å². The normalized spacial score (nSPS) is 10.6. The van der Waals surface area contributed by atoms with Crippen LogP contribution in [-0.4, -0.2) is 11.8 Å². The van der Waals surface area contributed by atoms with Crippen molar-refractivity contribution in [2.24, 2.45) is 0 Å². The highest BCUT2D eigenvalue weighted by molar-refractivity contribution is 6.30. The van der Waals surface area contributed by atoms with Gasteiger partial charge in [0, 0.05) is 15.7 Å². The molecule has 7 heteroatoms. The highest BCUT2D eigenvalue weighted by Crippen LogP contribution is 2.15. The van der Waals surface area contributed by atoms with Gasteiger partial charge in [0.05, 0.1) is 12.8 Å². The van der Waals surface area contributed by atoms with Crippen LogP contribution in [0.1, 0.15) is 22.9 Å². The SMILES string of the molecule is Nc1ccc(C(NC(=O)Cc2ccc(Cl)cc2)NC(=O)Cc2ccc(Cl)cc2)cc1. The van der Waals surface area contributed by atoms with Crippen LogP contribution in [0, 0.1) is 0 Å². The van der Waals surface area contributed by atoms with Gasteiger partial charge >= 0.3 is 0 Å². The van der Waals surface area contributed by atoms with Crippen LogP contribution in [-0.2, 0) is 22.4 Å². The van der Waals surface area contributed by atoms with E-state index in [2.05, 4.69) is 10.6 Å². The molecule has 0 aliphatic carbocycles. The van der Waals surface area contributed by atoms with Crippen molar-refractivity contribution in [2.45, 2.75) is 19.0 Å². The molecular formula is C23H21Cl2N3O2. The third kappa shape index (κ3) is 6.51. The van der Waals surface area contributed by atoms with Crippen LogP contribution in [0.15, 0.2) is 72.8 Å². The minimum Gasteiger partial charge on any atom is -0.399 e. The lowest BCUT2D eigenvalue weighted by Crippen LogP contribution is -2.42. The number of carbonyl (C=O) groups excluding carboxylic acids is 2. The van der Waals surface area contributed by atoms with Gasteiger partial charge in [-0.15, -0.1) is 0 Å². The lowest BCUT2D eigenvalue weighted by Gasteiger charge is -2.21. The molecule has 0 unspecified atom stereocenters. The van der Waals surface area contributed by atoms with Crippen molar-refractivity contribution < 1.29 is 9.59 Å². The zero-order chi connectivity index (χ0) is 21.5. The fourth-order valence-corrected chi connectivity index (χ4v) is 3.14. The minimum absolute atomic E-state index is 0.162. The van der Waals surface area contributed by atoms with Crippen LogP contribution in [0.4, 0.5) is 5.69 Å². The summed E-state index contributed by atoms with van der Waals surface area (Å²) in [6.07, 6.45) is -0.365. The average Bonchev–Trinajstić information content (AvgIpc) is 2.71. The monoisotopic (exact) mass is 441 g/mol. The van der Waals surface area contributed by atoms with Gasteiger partial charge in [0.25, 0.3) is 0 Å². The second-order valence-corrected chi connectivity index (χ2v) is 7.71. The lowest BCUT2D eigenvalue weighted by molar-refractivity contribution is -0.123. The molecule has 2 amide bonds. The Morgan fingerprint density at radius 3 is 1.50 bits per heavy atom. The summed E-state index contributed by atoms with van der Waals surface area (Å²) < 4.78 is 0. The minimum atomic E-state index is -0.690. The molecule has 0 aliphatic rings. The summed E-state index contributed by atoms with van der Waals surface area (Å²) in [6.45, 7) is 0. The van der Waals surface area contributed by atoms with Crippen molar-refractivity contribution in [2.75, 3.05) is 5.73 Å². The van der Waals surface area contributed by atoms with Crippen LogP contribution in [0.5, 0.6) is 0 Å². The van der Waals surface area contributed by atoms with Crippen LogP contribution in [0.3, 0.4) is 0 Å². The third-order valence-corrected chi connectivity index (χ3v) is 4.94. The summed E-state index contributed by atoms with van der Waals surface area (Å²) >= 11 is 11.8. The number of benzene rings is 3. The van der Waals surface area contributed by atoms with E-state index in [9.17, 15) is 9.59 Å².